The van der Waals surface area contributed by atoms with Crippen LogP contribution in [0.3, 0.4) is 0 Å². The van der Waals surface area contributed by atoms with E-state index in [2.05, 4.69) is 20.3 Å². The number of halogens is 1. The summed E-state index contributed by atoms with van der Waals surface area (Å²) < 4.78 is 18.4. The number of nitrogens with one attached hydrogen (secondary N) is 1. The number of methoxy groups -OCH3 is 1. The van der Waals surface area contributed by atoms with Gasteiger partial charge in [0, 0.05) is 31.8 Å². The van der Waals surface area contributed by atoms with E-state index >= 15 is 0 Å². The Morgan fingerprint density at radius 3 is 2.50 bits per heavy atom. The molecule has 1 heterocycles. The third-order valence-electron chi connectivity index (χ3n) is 2.96. The van der Waals surface area contributed by atoms with E-state index in [-0.39, 0.29) is 11.7 Å². The summed E-state index contributed by atoms with van der Waals surface area (Å²) in [6, 6.07) is 4.49. The van der Waals surface area contributed by atoms with E-state index in [1.807, 2.05) is 32.8 Å². The Morgan fingerprint density at radius 1 is 1.18 bits per heavy atom. The van der Waals surface area contributed by atoms with Crippen LogP contribution < -0.4 is 15.0 Å². The summed E-state index contributed by atoms with van der Waals surface area (Å²) in [7, 11) is 5.15. The van der Waals surface area contributed by atoms with Crippen molar-refractivity contribution in [1.29, 1.82) is 0 Å². The van der Waals surface area contributed by atoms with Crippen LogP contribution in [0.4, 0.5) is 22.0 Å². The van der Waals surface area contributed by atoms with Gasteiger partial charge >= 0.3 is 0 Å². The van der Waals surface area contributed by atoms with E-state index < -0.39 is 5.82 Å². The predicted molar refractivity (Wildman–Crippen MR) is 84.5 cm³/mol. The fraction of sp³-hybridized carbons (Fsp3) is 0.400. The van der Waals surface area contributed by atoms with Crippen LogP contribution in [0, 0.1) is 5.82 Å². The van der Waals surface area contributed by atoms with Gasteiger partial charge in [-0.3, -0.25) is 0 Å². The Morgan fingerprint density at radius 2 is 1.91 bits per heavy atom. The summed E-state index contributed by atoms with van der Waals surface area (Å²) in [6.45, 7) is 4.03. The van der Waals surface area contributed by atoms with Crippen molar-refractivity contribution in [1.82, 2.24) is 15.0 Å². The van der Waals surface area contributed by atoms with Crippen LogP contribution in [0.1, 0.15) is 25.6 Å². The highest BCUT2D eigenvalue weighted by molar-refractivity contribution is 5.57. The number of hydrogen-bond acceptors (Lipinski definition) is 6. The maximum Gasteiger partial charge on any atom is 0.232 e. The lowest BCUT2D eigenvalue weighted by Crippen LogP contribution is -2.16. The third kappa shape index (κ3) is 3.60. The highest BCUT2D eigenvalue weighted by Crippen LogP contribution is 2.24. The zero-order valence-corrected chi connectivity index (χ0v) is 13.4. The molecule has 0 bridgehead atoms. The van der Waals surface area contributed by atoms with Crippen molar-refractivity contribution in [3.05, 3.63) is 29.8 Å². The van der Waals surface area contributed by atoms with Gasteiger partial charge in [0.25, 0.3) is 0 Å². The highest BCUT2D eigenvalue weighted by atomic mass is 19.1. The van der Waals surface area contributed by atoms with Gasteiger partial charge in [0.05, 0.1) is 7.11 Å². The van der Waals surface area contributed by atoms with E-state index in [1.165, 1.54) is 13.2 Å². The molecule has 0 aliphatic rings. The van der Waals surface area contributed by atoms with Gasteiger partial charge in [-0.25, -0.2) is 4.39 Å². The predicted octanol–water partition coefficient (Wildman–Crippen LogP) is 2.95. The van der Waals surface area contributed by atoms with Crippen molar-refractivity contribution >= 4 is 17.6 Å². The first-order valence-corrected chi connectivity index (χ1v) is 6.94. The zero-order chi connectivity index (χ0) is 16.3. The average molecular weight is 305 g/mol. The summed E-state index contributed by atoms with van der Waals surface area (Å²) in [4.78, 5) is 15.0. The first-order valence-electron chi connectivity index (χ1n) is 6.94. The van der Waals surface area contributed by atoms with Gasteiger partial charge in [-0.2, -0.15) is 15.0 Å². The molecule has 0 aliphatic carbocycles. The van der Waals surface area contributed by atoms with E-state index in [0.29, 0.717) is 23.4 Å². The molecular formula is C15H20FN5O. The molecule has 1 aromatic heterocycles. The van der Waals surface area contributed by atoms with Crippen LogP contribution >= 0.6 is 0 Å². The summed E-state index contributed by atoms with van der Waals surface area (Å²) in [5.41, 5.74) is 0.642. The second-order valence-electron chi connectivity index (χ2n) is 5.34. The molecule has 22 heavy (non-hydrogen) atoms. The first-order chi connectivity index (χ1) is 10.4. The van der Waals surface area contributed by atoms with Crippen LogP contribution in [0.5, 0.6) is 5.75 Å². The fourth-order valence-electron chi connectivity index (χ4n) is 1.76. The van der Waals surface area contributed by atoms with Crippen LogP contribution in [-0.2, 0) is 0 Å². The lowest BCUT2D eigenvalue weighted by molar-refractivity contribution is 0.387. The minimum absolute atomic E-state index is 0.163. The summed E-state index contributed by atoms with van der Waals surface area (Å²) in [5.74, 6) is 1.59. The number of nitrogens with zero attached hydrogens (tertiary/aromatic N) is 4. The molecule has 2 aromatic rings. The Labute approximate surface area is 129 Å². The Kier molecular flexibility index (Phi) is 4.75. The van der Waals surface area contributed by atoms with Crippen molar-refractivity contribution < 1.29 is 9.13 Å². The molecule has 0 saturated heterocycles. The molecule has 1 N–H and O–H groups in total. The molecule has 0 unspecified atom stereocenters. The minimum atomic E-state index is -0.416. The molecule has 2 rings (SSSR count). The molecule has 118 valence electrons. The van der Waals surface area contributed by atoms with Crippen LogP contribution in [0.25, 0.3) is 0 Å². The first kappa shape index (κ1) is 15.9. The summed E-state index contributed by atoms with van der Waals surface area (Å²) >= 11 is 0. The molecular weight excluding hydrogens is 285 g/mol. The van der Waals surface area contributed by atoms with Gasteiger partial charge < -0.3 is 15.0 Å². The fourth-order valence-corrected chi connectivity index (χ4v) is 1.76. The van der Waals surface area contributed by atoms with Crippen LogP contribution in [0.2, 0.25) is 0 Å². The van der Waals surface area contributed by atoms with Gasteiger partial charge in [0.2, 0.25) is 11.9 Å². The normalized spacial score (nSPS) is 10.7. The number of aromatic nitrogens is 3. The van der Waals surface area contributed by atoms with Crippen molar-refractivity contribution in [3.8, 4) is 5.75 Å². The van der Waals surface area contributed by atoms with Gasteiger partial charge in [-0.1, -0.05) is 13.8 Å². The molecule has 0 fully saturated rings. The molecule has 6 nitrogen and oxygen atoms in total. The maximum absolute atomic E-state index is 13.4. The topological polar surface area (TPSA) is 63.2 Å². The van der Waals surface area contributed by atoms with E-state index in [9.17, 15) is 4.39 Å². The van der Waals surface area contributed by atoms with E-state index in [1.54, 1.807) is 12.1 Å². The average Bonchev–Trinajstić information content (AvgIpc) is 2.48. The van der Waals surface area contributed by atoms with Crippen molar-refractivity contribution in [2.45, 2.75) is 19.8 Å². The van der Waals surface area contributed by atoms with Crippen molar-refractivity contribution in [2.24, 2.45) is 0 Å². The van der Waals surface area contributed by atoms with Crippen LogP contribution in [-0.4, -0.2) is 36.2 Å². The van der Waals surface area contributed by atoms with Crippen LogP contribution in [0.15, 0.2) is 18.2 Å². The maximum atomic E-state index is 13.4. The number of hydrogen-bond donors (Lipinski definition) is 1. The number of rotatable bonds is 5. The van der Waals surface area contributed by atoms with E-state index in [4.69, 9.17) is 4.74 Å². The lowest BCUT2D eigenvalue weighted by Gasteiger charge is -2.15. The Hall–Kier alpha value is -2.44. The number of benzene rings is 1. The van der Waals surface area contributed by atoms with Crippen molar-refractivity contribution in [3.63, 3.8) is 0 Å². The monoisotopic (exact) mass is 305 g/mol. The SMILES string of the molecule is COc1cc(Nc2nc(C(C)C)nc(N(C)C)n2)ccc1F. The molecule has 0 saturated carbocycles. The van der Waals surface area contributed by atoms with Crippen molar-refractivity contribution in [2.75, 3.05) is 31.4 Å². The highest BCUT2D eigenvalue weighted by Gasteiger charge is 2.12. The minimum Gasteiger partial charge on any atom is -0.494 e. The van der Waals surface area contributed by atoms with Gasteiger partial charge in [0.15, 0.2) is 11.6 Å². The molecule has 7 heteroatoms. The molecule has 0 radical (unpaired) electrons. The number of ether oxygens (including phenoxy) is 1. The second kappa shape index (κ2) is 6.55. The molecule has 0 amide bonds. The lowest BCUT2D eigenvalue weighted by atomic mass is 10.2. The molecule has 0 atom stereocenters. The molecule has 0 aliphatic heterocycles. The standard InChI is InChI=1S/C15H20FN5O/c1-9(2)13-18-14(20-15(19-13)21(3)4)17-10-6-7-11(16)12(8-10)22-5/h6-9H,1-5H3,(H,17,18,19,20). The summed E-state index contributed by atoms with van der Waals surface area (Å²) in [5, 5.41) is 3.06. The second-order valence-corrected chi connectivity index (χ2v) is 5.34. The Balaban J connectivity index is 2.36. The molecule has 0 spiro atoms. The summed E-state index contributed by atoms with van der Waals surface area (Å²) in [6.07, 6.45) is 0. The van der Waals surface area contributed by atoms with E-state index in [0.717, 1.165) is 0 Å². The zero-order valence-electron chi connectivity index (χ0n) is 13.4. The smallest absolute Gasteiger partial charge is 0.232 e. The largest absolute Gasteiger partial charge is 0.494 e. The van der Waals surface area contributed by atoms with Gasteiger partial charge in [-0.15, -0.1) is 0 Å². The Bertz CT molecular complexity index is 634. The van der Waals surface area contributed by atoms with Gasteiger partial charge in [0.1, 0.15) is 5.82 Å². The third-order valence-corrected chi connectivity index (χ3v) is 2.96. The number of anilines is 3. The molecule has 1 aromatic carbocycles. The van der Waals surface area contributed by atoms with Gasteiger partial charge in [-0.05, 0) is 12.1 Å². The quantitative estimate of drug-likeness (QED) is 0.916.